The number of benzene rings is 1. The predicted molar refractivity (Wildman–Crippen MR) is 99.6 cm³/mol. The minimum atomic E-state index is -0.657. The fourth-order valence-electron chi connectivity index (χ4n) is 3.36. The number of hydrazone groups is 1. The Labute approximate surface area is 155 Å². The van der Waals surface area contributed by atoms with Crippen molar-refractivity contribution in [3.8, 4) is 0 Å². The van der Waals surface area contributed by atoms with Crippen LogP contribution >= 0.6 is 0 Å². The summed E-state index contributed by atoms with van der Waals surface area (Å²) in [5.41, 5.74) is 4.27. The number of nitro benzene ring substituents is 2. The number of hydrogen-bond donors (Lipinski definition) is 1. The maximum absolute atomic E-state index is 11.3. The van der Waals surface area contributed by atoms with Crippen molar-refractivity contribution in [3.63, 3.8) is 0 Å². The summed E-state index contributed by atoms with van der Waals surface area (Å²) < 4.78 is 2.06. The zero-order chi connectivity index (χ0) is 19.4. The van der Waals surface area contributed by atoms with E-state index < -0.39 is 9.85 Å². The molecule has 1 aromatic heterocycles. The Balaban J connectivity index is 1.90. The Hall–Kier alpha value is -3.36. The Morgan fingerprint density at radius 1 is 1.15 bits per heavy atom. The molecule has 0 spiro atoms. The molecular weight excluding hydrogens is 350 g/mol. The number of aryl methyl sites for hydroxylation is 1. The zero-order valence-electron chi connectivity index (χ0n) is 14.9. The van der Waals surface area contributed by atoms with Gasteiger partial charge in [0.15, 0.2) is 11.9 Å². The van der Waals surface area contributed by atoms with E-state index >= 15 is 0 Å². The Morgan fingerprint density at radius 2 is 1.96 bits per heavy atom. The molecule has 1 heterocycles. The second-order valence-electron chi connectivity index (χ2n) is 6.47. The first-order valence-corrected chi connectivity index (χ1v) is 8.67. The minimum absolute atomic E-state index is 0.134. The summed E-state index contributed by atoms with van der Waals surface area (Å²) >= 11 is 0. The third-order valence-electron chi connectivity index (χ3n) is 4.74. The maximum Gasteiger partial charge on any atom is 0.301 e. The van der Waals surface area contributed by atoms with Gasteiger partial charge in [-0.15, -0.1) is 0 Å². The van der Waals surface area contributed by atoms with Crippen LogP contribution in [0.25, 0.3) is 0 Å². The average Bonchev–Trinajstić information content (AvgIpc) is 2.67. The van der Waals surface area contributed by atoms with Crippen LogP contribution in [0, 0.1) is 20.2 Å². The Morgan fingerprint density at radius 3 is 2.67 bits per heavy atom. The fraction of sp³-hybridized carbons (Fsp3) is 0.333. The highest BCUT2D eigenvalue weighted by Crippen LogP contribution is 2.31. The van der Waals surface area contributed by atoms with Crippen LogP contribution in [-0.4, -0.2) is 15.6 Å². The second-order valence-corrected chi connectivity index (χ2v) is 6.47. The van der Waals surface area contributed by atoms with E-state index in [1.807, 2.05) is 25.4 Å². The predicted octanol–water partition coefficient (Wildman–Crippen LogP) is 3.45. The number of non-ortho nitro benzene ring substituents is 1. The van der Waals surface area contributed by atoms with E-state index in [1.165, 1.54) is 12.1 Å². The number of pyridine rings is 1. The van der Waals surface area contributed by atoms with E-state index in [4.69, 9.17) is 0 Å². The first kappa shape index (κ1) is 18.4. The number of nitro groups is 2. The van der Waals surface area contributed by atoms with Crippen molar-refractivity contribution in [3.05, 3.63) is 68.5 Å². The maximum atomic E-state index is 11.3. The van der Waals surface area contributed by atoms with Gasteiger partial charge in [-0.1, -0.05) is 12.5 Å². The van der Waals surface area contributed by atoms with Gasteiger partial charge in [-0.3, -0.25) is 25.7 Å². The largest absolute Gasteiger partial charge is 0.301 e. The SMILES string of the molecule is C[n+]1ccccc1C1CCCCC1=NNc1ccc([N+](=O)[O-])cc1[N+](=O)[O-]. The molecule has 1 aliphatic rings. The third-order valence-corrected chi connectivity index (χ3v) is 4.74. The fourth-order valence-corrected chi connectivity index (χ4v) is 3.36. The summed E-state index contributed by atoms with van der Waals surface area (Å²) in [5, 5.41) is 26.6. The van der Waals surface area contributed by atoms with Gasteiger partial charge in [0.05, 0.1) is 27.5 Å². The molecule has 0 aliphatic heterocycles. The van der Waals surface area contributed by atoms with Crippen LogP contribution in [0.4, 0.5) is 17.1 Å². The minimum Gasteiger partial charge on any atom is -0.272 e. The summed E-state index contributed by atoms with van der Waals surface area (Å²) in [4.78, 5) is 20.8. The van der Waals surface area contributed by atoms with Crippen LogP contribution in [0.3, 0.4) is 0 Å². The lowest BCUT2D eigenvalue weighted by Crippen LogP contribution is -2.37. The molecule has 0 amide bonds. The number of anilines is 1. The number of aromatic nitrogens is 1. The smallest absolute Gasteiger partial charge is 0.272 e. The van der Waals surface area contributed by atoms with Crippen LogP contribution in [0.1, 0.15) is 37.3 Å². The molecule has 1 fully saturated rings. The lowest BCUT2D eigenvalue weighted by atomic mass is 9.84. The Bertz CT molecular complexity index is 912. The lowest BCUT2D eigenvalue weighted by Gasteiger charge is -2.22. The molecular formula is C18H20N5O4+. The molecule has 1 saturated carbocycles. The number of nitrogens with one attached hydrogen (secondary N) is 1. The number of hydrogen-bond acceptors (Lipinski definition) is 6. The number of nitrogens with zero attached hydrogens (tertiary/aromatic N) is 4. The second kappa shape index (κ2) is 7.90. The van der Waals surface area contributed by atoms with Gasteiger partial charge < -0.3 is 0 Å². The van der Waals surface area contributed by atoms with Crippen molar-refractivity contribution in [1.82, 2.24) is 0 Å². The molecule has 27 heavy (non-hydrogen) atoms. The molecule has 9 heteroatoms. The molecule has 0 radical (unpaired) electrons. The molecule has 0 saturated heterocycles. The van der Waals surface area contributed by atoms with Gasteiger partial charge in [-0.05, 0) is 25.3 Å². The van der Waals surface area contributed by atoms with E-state index in [1.54, 1.807) is 0 Å². The highest BCUT2D eigenvalue weighted by Gasteiger charge is 2.28. The first-order valence-electron chi connectivity index (χ1n) is 8.67. The highest BCUT2D eigenvalue weighted by atomic mass is 16.6. The summed E-state index contributed by atoms with van der Waals surface area (Å²) in [5.74, 6) is 0.134. The van der Waals surface area contributed by atoms with Crippen LogP contribution in [-0.2, 0) is 7.05 Å². The normalized spacial score (nSPS) is 18.3. The van der Waals surface area contributed by atoms with Crippen molar-refractivity contribution in [1.29, 1.82) is 0 Å². The van der Waals surface area contributed by atoms with Crippen molar-refractivity contribution in [2.75, 3.05) is 5.43 Å². The van der Waals surface area contributed by atoms with Crippen LogP contribution in [0.15, 0.2) is 47.7 Å². The van der Waals surface area contributed by atoms with Crippen LogP contribution in [0.2, 0.25) is 0 Å². The summed E-state index contributed by atoms with van der Waals surface area (Å²) in [6, 6.07) is 9.49. The monoisotopic (exact) mass is 370 g/mol. The number of rotatable bonds is 5. The summed E-state index contributed by atoms with van der Waals surface area (Å²) in [6.07, 6.45) is 5.84. The lowest BCUT2D eigenvalue weighted by molar-refractivity contribution is -0.679. The molecule has 0 bridgehead atoms. The van der Waals surface area contributed by atoms with Gasteiger partial charge in [0.2, 0.25) is 0 Å². The quantitative estimate of drug-likeness (QED) is 0.492. The van der Waals surface area contributed by atoms with E-state index in [-0.39, 0.29) is 23.0 Å². The molecule has 1 unspecified atom stereocenters. The highest BCUT2D eigenvalue weighted by molar-refractivity contribution is 5.91. The van der Waals surface area contributed by atoms with E-state index in [0.29, 0.717) is 0 Å². The van der Waals surface area contributed by atoms with Gasteiger partial charge in [-0.25, -0.2) is 4.57 Å². The Kier molecular flexibility index (Phi) is 5.39. The van der Waals surface area contributed by atoms with E-state index in [2.05, 4.69) is 21.2 Å². The van der Waals surface area contributed by atoms with Crippen molar-refractivity contribution < 1.29 is 14.4 Å². The third kappa shape index (κ3) is 4.08. The van der Waals surface area contributed by atoms with Gasteiger partial charge in [-0.2, -0.15) is 5.10 Å². The molecule has 1 atom stereocenters. The van der Waals surface area contributed by atoms with Crippen molar-refractivity contribution in [2.45, 2.75) is 31.6 Å². The van der Waals surface area contributed by atoms with Crippen molar-refractivity contribution in [2.24, 2.45) is 12.1 Å². The van der Waals surface area contributed by atoms with E-state index in [9.17, 15) is 20.2 Å². The molecule has 1 aliphatic carbocycles. The summed E-state index contributed by atoms with van der Waals surface area (Å²) in [6.45, 7) is 0. The zero-order valence-corrected chi connectivity index (χ0v) is 14.9. The van der Waals surface area contributed by atoms with E-state index in [0.717, 1.165) is 43.2 Å². The average molecular weight is 370 g/mol. The molecule has 1 N–H and O–H groups in total. The van der Waals surface area contributed by atoms with Gasteiger partial charge in [0.25, 0.3) is 5.69 Å². The molecule has 2 aromatic rings. The van der Waals surface area contributed by atoms with Gasteiger partial charge >= 0.3 is 5.69 Å². The molecule has 1 aromatic carbocycles. The molecule has 3 rings (SSSR count). The standard InChI is InChI=1S/C18H20N5O4/c1-21-11-5-4-8-17(21)14-6-2-3-7-15(14)19-20-16-10-9-13(22(24)25)12-18(16)23(26)27/h4-5,8-12,14,20H,2-3,6-7H2,1H3/q+1. The molecule has 140 valence electrons. The van der Waals surface area contributed by atoms with Gasteiger partial charge in [0.1, 0.15) is 12.7 Å². The van der Waals surface area contributed by atoms with Crippen LogP contribution in [0.5, 0.6) is 0 Å². The van der Waals surface area contributed by atoms with Crippen molar-refractivity contribution >= 4 is 22.8 Å². The van der Waals surface area contributed by atoms with Crippen LogP contribution < -0.4 is 9.99 Å². The van der Waals surface area contributed by atoms with Gasteiger partial charge in [0, 0.05) is 18.2 Å². The topological polar surface area (TPSA) is 115 Å². The molecule has 9 nitrogen and oxygen atoms in total. The first-order chi connectivity index (χ1) is 13.0. The summed E-state index contributed by atoms with van der Waals surface area (Å²) in [7, 11) is 1.98.